The van der Waals surface area contributed by atoms with E-state index in [0.29, 0.717) is 19.3 Å². The van der Waals surface area contributed by atoms with Crippen LogP contribution in [0.4, 0.5) is 0 Å². The fourth-order valence-corrected chi connectivity index (χ4v) is 2.35. The van der Waals surface area contributed by atoms with E-state index in [4.69, 9.17) is 21.1 Å². The molecule has 106 valence electrons. The summed E-state index contributed by atoms with van der Waals surface area (Å²) in [6.07, 6.45) is 3.44. The summed E-state index contributed by atoms with van der Waals surface area (Å²) >= 11 is 5.78. The Hall–Kier alpha value is -1.14. The Kier molecular flexibility index (Phi) is 5.15. The first kappa shape index (κ1) is 14.3. The number of nitrogens with zero attached hydrogens (tertiary/aromatic N) is 4. The number of ether oxygens (including phenoxy) is 2. The van der Waals surface area contributed by atoms with Gasteiger partial charge in [-0.25, -0.2) is 0 Å². The van der Waals surface area contributed by atoms with Crippen molar-refractivity contribution in [3.05, 3.63) is 5.28 Å². The predicted octanol–water partition coefficient (Wildman–Crippen LogP) is 1.79. The first-order chi connectivity index (χ1) is 9.19. The van der Waals surface area contributed by atoms with Gasteiger partial charge in [0.2, 0.25) is 5.28 Å². The zero-order chi connectivity index (χ0) is 13.7. The van der Waals surface area contributed by atoms with Crippen molar-refractivity contribution in [3.8, 4) is 12.0 Å². The number of aromatic nitrogens is 3. The van der Waals surface area contributed by atoms with E-state index in [0.717, 1.165) is 13.0 Å². The second-order valence-electron chi connectivity index (χ2n) is 4.52. The standard InChI is InChI=1S/C12H19ClN4O2/c1-3-18-11-14-10(13)15-12(16-11)19-8-6-9-5-4-7-17(9)2/h9H,3-8H2,1-2H3. The highest BCUT2D eigenvalue weighted by Gasteiger charge is 2.20. The van der Waals surface area contributed by atoms with Crippen LogP contribution in [0.3, 0.4) is 0 Å². The lowest BCUT2D eigenvalue weighted by Crippen LogP contribution is -2.26. The van der Waals surface area contributed by atoms with Gasteiger partial charge in [-0.05, 0) is 51.4 Å². The smallest absolute Gasteiger partial charge is 0.323 e. The van der Waals surface area contributed by atoms with Crippen molar-refractivity contribution < 1.29 is 9.47 Å². The van der Waals surface area contributed by atoms with Crippen molar-refractivity contribution in [2.45, 2.75) is 32.2 Å². The van der Waals surface area contributed by atoms with Crippen molar-refractivity contribution in [1.82, 2.24) is 19.9 Å². The highest BCUT2D eigenvalue weighted by atomic mass is 35.5. The Morgan fingerprint density at radius 1 is 1.26 bits per heavy atom. The molecule has 0 N–H and O–H groups in total. The van der Waals surface area contributed by atoms with Crippen LogP contribution in [-0.2, 0) is 0 Å². The van der Waals surface area contributed by atoms with E-state index in [1.807, 2.05) is 6.92 Å². The second-order valence-corrected chi connectivity index (χ2v) is 4.85. The molecule has 0 spiro atoms. The number of halogens is 1. The summed E-state index contributed by atoms with van der Waals surface area (Å²) in [4.78, 5) is 14.2. The van der Waals surface area contributed by atoms with Gasteiger partial charge < -0.3 is 14.4 Å². The molecule has 2 heterocycles. The van der Waals surface area contributed by atoms with Gasteiger partial charge in [0, 0.05) is 6.04 Å². The maximum atomic E-state index is 5.78. The zero-order valence-electron chi connectivity index (χ0n) is 11.3. The molecule has 1 aromatic rings. The topological polar surface area (TPSA) is 60.4 Å². The Balaban J connectivity index is 1.84. The molecule has 19 heavy (non-hydrogen) atoms. The van der Waals surface area contributed by atoms with Crippen LogP contribution in [-0.4, -0.2) is 52.7 Å². The number of hydrogen-bond donors (Lipinski definition) is 0. The second kappa shape index (κ2) is 6.86. The summed E-state index contributed by atoms with van der Waals surface area (Å²) < 4.78 is 10.7. The minimum absolute atomic E-state index is 0.0893. The van der Waals surface area contributed by atoms with E-state index in [9.17, 15) is 0 Å². The van der Waals surface area contributed by atoms with Crippen LogP contribution in [0.1, 0.15) is 26.2 Å². The van der Waals surface area contributed by atoms with Crippen LogP contribution in [0.25, 0.3) is 0 Å². The van der Waals surface area contributed by atoms with Crippen molar-refractivity contribution in [2.24, 2.45) is 0 Å². The third-order valence-electron chi connectivity index (χ3n) is 3.19. The molecule has 1 unspecified atom stereocenters. The zero-order valence-corrected chi connectivity index (χ0v) is 12.1. The van der Waals surface area contributed by atoms with Crippen LogP contribution in [0.2, 0.25) is 5.28 Å². The number of likely N-dealkylation sites (tertiary alicyclic amines) is 1. The quantitative estimate of drug-likeness (QED) is 0.794. The SMILES string of the molecule is CCOc1nc(Cl)nc(OCCC2CCCN2C)n1. The molecule has 1 atom stereocenters. The first-order valence-electron chi connectivity index (χ1n) is 6.56. The minimum Gasteiger partial charge on any atom is -0.464 e. The maximum Gasteiger partial charge on any atom is 0.323 e. The number of hydrogen-bond acceptors (Lipinski definition) is 6. The molecule has 0 bridgehead atoms. The summed E-state index contributed by atoms with van der Waals surface area (Å²) in [5.74, 6) is 0. The summed E-state index contributed by atoms with van der Waals surface area (Å²) in [5.41, 5.74) is 0. The molecule has 1 aromatic heterocycles. The fraction of sp³-hybridized carbons (Fsp3) is 0.750. The van der Waals surface area contributed by atoms with Gasteiger partial charge in [-0.1, -0.05) is 0 Å². The van der Waals surface area contributed by atoms with Gasteiger partial charge in [0.25, 0.3) is 0 Å². The van der Waals surface area contributed by atoms with Crippen molar-refractivity contribution in [3.63, 3.8) is 0 Å². The molecule has 0 aliphatic carbocycles. The van der Waals surface area contributed by atoms with E-state index >= 15 is 0 Å². The van der Waals surface area contributed by atoms with Crippen molar-refractivity contribution in [2.75, 3.05) is 26.8 Å². The van der Waals surface area contributed by atoms with Crippen LogP contribution in [0.5, 0.6) is 12.0 Å². The van der Waals surface area contributed by atoms with E-state index in [1.165, 1.54) is 12.8 Å². The van der Waals surface area contributed by atoms with E-state index in [1.54, 1.807) is 0 Å². The van der Waals surface area contributed by atoms with Crippen LogP contribution < -0.4 is 9.47 Å². The van der Waals surface area contributed by atoms with Gasteiger partial charge in [-0.15, -0.1) is 4.98 Å². The Morgan fingerprint density at radius 2 is 2.00 bits per heavy atom. The van der Waals surface area contributed by atoms with Gasteiger partial charge in [-0.2, -0.15) is 9.97 Å². The molecule has 0 radical (unpaired) electrons. The molecule has 0 saturated carbocycles. The minimum atomic E-state index is 0.0893. The third-order valence-corrected chi connectivity index (χ3v) is 3.36. The summed E-state index contributed by atoms with van der Waals surface area (Å²) in [6, 6.07) is 1.02. The molecule has 6 nitrogen and oxygen atoms in total. The average Bonchev–Trinajstić information content (AvgIpc) is 2.75. The van der Waals surface area contributed by atoms with E-state index < -0.39 is 0 Å². The largest absolute Gasteiger partial charge is 0.464 e. The van der Waals surface area contributed by atoms with Gasteiger partial charge in [-0.3, -0.25) is 0 Å². The Morgan fingerprint density at radius 3 is 2.63 bits per heavy atom. The van der Waals surface area contributed by atoms with Crippen molar-refractivity contribution in [1.29, 1.82) is 0 Å². The molecule has 7 heteroatoms. The lowest BCUT2D eigenvalue weighted by atomic mass is 10.2. The third kappa shape index (κ3) is 4.18. The molecule has 1 fully saturated rings. The molecule has 2 rings (SSSR count). The highest BCUT2D eigenvalue weighted by Crippen LogP contribution is 2.18. The predicted molar refractivity (Wildman–Crippen MR) is 71.8 cm³/mol. The monoisotopic (exact) mass is 286 g/mol. The molecule has 0 amide bonds. The van der Waals surface area contributed by atoms with Gasteiger partial charge in [0.05, 0.1) is 13.2 Å². The Bertz CT molecular complexity index is 419. The first-order valence-corrected chi connectivity index (χ1v) is 6.94. The number of rotatable bonds is 6. The molecule has 1 aliphatic heterocycles. The summed E-state index contributed by atoms with van der Waals surface area (Å²) in [6.45, 7) is 4.07. The Labute approximate surface area is 118 Å². The van der Waals surface area contributed by atoms with Crippen LogP contribution in [0, 0.1) is 0 Å². The average molecular weight is 287 g/mol. The molecule has 0 aromatic carbocycles. The van der Waals surface area contributed by atoms with Crippen LogP contribution in [0.15, 0.2) is 0 Å². The molecule has 1 aliphatic rings. The van der Waals surface area contributed by atoms with Gasteiger partial charge in [0.15, 0.2) is 0 Å². The lowest BCUT2D eigenvalue weighted by Gasteiger charge is -2.18. The molecular formula is C12H19ClN4O2. The van der Waals surface area contributed by atoms with Crippen LogP contribution >= 0.6 is 11.6 Å². The van der Waals surface area contributed by atoms with E-state index in [-0.39, 0.29) is 17.3 Å². The maximum absolute atomic E-state index is 5.78. The molecular weight excluding hydrogens is 268 g/mol. The van der Waals surface area contributed by atoms with E-state index in [2.05, 4.69) is 26.9 Å². The van der Waals surface area contributed by atoms with Gasteiger partial charge in [0.1, 0.15) is 0 Å². The fourth-order valence-electron chi connectivity index (χ4n) is 2.20. The highest BCUT2D eigenvalue weighted by molar-refractivity contribution is 6.28. The van der Waals surface area contributed by atoms with Crippen molar-refractivity contribution >= 4 is 11.6 Å². The molecule has 1 saturated heterocycles. The summed E-state index contributed by atoms with van der Waals surface area (Å²) in [5, 5.41) is 0.0893. The van der Waals surface area contributed by atoms with Gasteiger partial charge >= 0.3 is 12.0 Å². The lowest BCUT2D eigenvalue weighted by molar-refractivity contribution is 0.218. The summed E-state index contributed by atoms with van der Waals surface area (Å²) in [7, 11) is 2.14. The normalized spacial score (nSPS) is 19.6.